The lowest BCUT2D eigenvalue weighted by molar-refractivity contribution is 0.0134. The second-order valence-corrected chi connectivity index (χ2v) is 5.02. The molecule has 0 radical (unpaired) electrons. The van der Waals surface area contributed by atoms with Gasteiger partial charge in [-0.25, -0.2) is 9.97 Å². The molecule has 0 bridgehead atoms. The van der Waals surface area contributed by atoms with Gasteiger partial charge in [-0.3, -0.25) is 0 Å². The van der Waals surface area contributed by atoms with Crippen LogP contribution in [0.25, 0.3) is 0 Å². The Morgan fingerprint density at radius 1 is 1.29 bits per heavy atom. The van der Waals surface area contributed by atoms with Crippen LogP contribution in [-0.2, 0) is 0 Å². The van der Waals surface area contributed by atoms with Gasteiger partial charge in [0.2, 0.25) is 0 Å². The molecule has 0 saturated heterocycles. The van der Waals surface area contributed by atoms with Crippen LogP contribution in [0.15, 0.2) is 18.6 Å². The van der Waals surface area contributed by atoms with Crippen LogP contribution >= 0.6 is 0 Å². The molecule has 0 aromatic carbocycles. The van der Waals surface area contributed by atoms with E-state index in [9.17, 15) is 5.11 Å². The van der Waals surface area contributed by atoms with Gasteiger partial charge >= 0.3 is 0 Å². The molecule has 1 heterocycles. The zero-order valence-corrected chi connectivity index (χ0v) is 10.2. The lowest BCUT2D eigenvalue weighted by Gasteiger charge is -2.36. The molecule has 1 aliphatic carbocycles. The molecule has 1 aromatic rings. The van der Waals surface area contributed by atoms with Crippen molar-refractivity contribution in [3.8, 4) is 0 Å². The van der Waals surface area contributed by atoms with Gasteiger partial charge in [0.1, 0.15) is 12.4 Å². The Labute approximate surface area is 102 Å². The first kappa shape index (κ1) is 12.5. The Kier molecular flexibility index (Phi) is 4.07. The molecule has 0 aliphatic heterocycles. The Bertz CT molecular complexity index is 334. The fraction of sp³-hybridized carbons (Fsp3) is 0.692. The number of nitrogens with zero attached hydrogens (tertiary/aromatic N) is 2. The highest BCUT2D eigenvalue weighted by atomic mass is 16.3. The number of nitrogens with two attached hydrogens (primary N) is 1. The summed E-state index contributed by atoms with van der Waals surface area (Å²) in [5, 5.41) is 10.6. The molecule has 94 valence electrons. The molecule has 0 amide bonds. The fourth-order valence-corrected chi connectivity index (χ4v) is 2.80. The summed E-state index contributed by atoms with van der Waals surface area (Å²) >= 11 is 0. The topological polar surface area (TPSA) is 72.0 Å². The van der Waals surface area contributed by atoms with Crippen LogP contribution in [0.1, 0.15) is 50.3 Å². The second-order valence-electron chi connectivity index (χ2n) is 5.02. The third kappa shape index (κ3) is 2.64. The predicted octanol–water partition coefficient (Wildman–Crippen LogP) is 1.81. The highest BCUT2D eigenvalue weighted by Gasteiger charge is 2.38. The Morgan fingerprint density at radius 3 is 2.53 bits per heavy atom. The number of hydrogen-bond acceptors (Lipinski definition) is 4. The number of aliphatic hydroxyl groups is 1. The Morgan fingerprint density at radius 2 is 2.00 bits per heavy atom. The Balaban J connectivity index is 2.21. The lowest BCUT2D eigenvalue weighted by atomic mass is 9.74. The normalized spacial score (nSPS) is 21.8. The minimum Gasteiger partial charge on any atom is -0.386 e. The van der Waals surface area contributed by atoms with Crippen molar-refractivity contribution in [1.82, 2.24) is 9.97 Å². The molecule has 4 heteroatoms. The predicted molar refractivity (Wildman–Crippen MR) is 66.2 cm³/mol. The van der Waals surface area contributed by atoms with E-state index in [1.807, 2.05) is 0 Å². The van der Waals surface area contributed by atoms with Gasteiger partial charge in [0, 0.05) is 18.2 Å². The highest BCUT2D eigenvalue weighted by molar-refractivity contribution is 5.08. The average Bonchev–Trinajstić information content (AvgIpc) is 2.65. The molecule has 1 unspecified atom stereocenters. The van der Waals surface area contributed by atoms with Crippen molar-refractivity contribution in [2.24, 2.45) is 11.1 Å². The van der Waals surface area contributed by atoms with Gasteiger partial charge in [0.05, 0.1) is 5.69 Å². The van der Waals surface area contributed by atoms with Gasteiger partial charge in [-0.05, 0) is 18.9 Å². The smallest absolute Gasteiger partial charge is 0.115 e. The van der Waals surface area contributed by atoms with Crippen LogP contribution in [0.5, 0.6) is 0 Å². The maximum atomic E-state index is 10.6. The van der Waals surface area contributed by atoms with Crippen molar-refractivity contribution >= 4 is 0 Å². The van der Waals surface area contributed by atoms with Crippen LogP contribution in [0, 0.1) is 5.41 Å². The molecule has 4 nitrogen and oxygen atoms in total. The Hall–Kier alpha value is -1.00. The highest BCUT2D eigenvalue weighted by Crippen LogP contribution is 2.43. The van der Waals surface area contributed by atoms with Crippen LogP contribution in [-0.4, -0.2) is 21.6 Å². The summed E-state index contributed by atoms with van der Waals surface area (Å²) in [6.45, 7) is 0.526. The molecule has 3 N–H and O–H groups in total. The third-order valence-electron chi connectivity index (χ3n) is 3.97. The quantitative estimate of drug-likeness (QED) is 0.784. The van der Waals surface area contributed by atoms with Gasteiger partial charge in [0.15, 0.2) is 0 Å². The summed E-state index contributed by atoms with van der Waals surface area (Å²) in [6, 6.07) is 1.78. The third-order valence-corrected chi connectivity index (χ3v) is 3.97. The summed E-state index contributed by atoms with van der Waals surface area (Å²) in [7, 11) is 0. The molecule has 1 saturated carbocycles. The number of aliphatic hydroxyl groups excluding tert-OH is 1. The summed E-state index contributed by atoms with van der Waals surface area (Å²) < 4.78 is 0. The van der Waals surface area contributed by atoms with Gasteiger partial charge in [0.25, 0.3) is 0 Å². The van der Waals surface area contributed by atoms with E-state index < -0.39 is 6.10 Å². The standard InChI is InChI=1S/C13H21N3O/c14-9-13(6-3-1-2-4-7-13)12(17)11-5-8-15-10-16-11/h5,8,10,12,17H,1-4,6-7,9,14H2. The second kappa shape index (κ2) is 5.56. The van der Waals surface area contributed by atoms with Crippen molar-refractivity contribution in [3.05, 3.63) is 24.3 Å². The molecule has 0 spiro atoms. The average molecular weight is 235 g/mol. The monoisotopic (exact) mass is 235 g/mol. The summed E-state index contributed by atoms with van der Waals surface area (Å²) in [5.41, 5.74) is 6.45. The summed E-state index contributed by atoms with van der Waals surface area (Å²) in [5.74, 6) is 0. The van der Waals surface area contributed by atoms with Crippen LogP contribution in [0.2, 0.25) is 0 Å². The lowest BCUT2D eigenvalue weighted by Crippen LogP contribution is -2.36. The fourth-order valence-electron chi connectivity index (χ4n) is 2.80. The van der Waals surface area contributed by atoms with Crippen molar-refractivity contribution in [2.45, 2.75) is 44.6 Å². The molecular weight excluding hydrogens is 214 g/mol. The molecule has 1 fully saturated rings. The van der Waals surface area contributed by atoms with Gasteiger partial charge < -0.3 is 10.8 Å². The van der Waals surface area contributed by atoms with Gasteiger partial charge in [-0.2, -0.15) is 0 Å². The molecule has 1 aliphatic rings. The first-order valence-corrected chi connectivity index (χ1v) is 6.42. The minimum atomic E-state index is -0.561. The zero-order chi connectivity index (χ0) is 12.1. The van der Waals surface area contributed by atoms with E-state index in [1.54, 1.807) is 12.3 Å². The van der Waals surface area contributed by atoms with Crippen molar-refractivity contribution < 1.29 is 5.11 Å². The molecular formula is C13H21N3O. The molecule has 1 atom stereocenters. The van der Waals surface area contributed by atoms with Gasteiger partial charge in [-0.15, -0.1) is 0 Å². The SMILES string of the molecule is NCC1(C(O)c2ccncn2)CCCCCC1. The molecule has 17 heavy (non-hydrogen) atoms. The van der Waals surface area contributed by atoms with E-state index in [0.29, 0.717) is 12.2 Å². The molecule has 1 aromatic heterocycles. The van der Waals surface area contributed by atoms with Crippen LogP contribution in [0.3, 0.4) is 0 Å². The first-order chi connectivity index (χ1) is 8.28. The van der Waals surface area contributed by atoms with Crippen molar-refractivity contribution in [1.29, 1.82) is 0 Å². The maximum Gasteiger partial charge on any atom is 0.115 e. The minimum absolute atomic E-state index is 0.190. The molecule has 2 rings (SSSR count). The summed E-state index contributed by atoms with van der Waals surface area (Å²) in [4.78, 5) is 8.05. The number of aromatic nitrogens is 2. The maximum absolute atomic E-state index is 10.6. The van der Waals surface area contributed by atoms with Crippen molar-refractivity contribution in [2.75, 3.05) is 6.54 Å². The largest absolute Gasteiger partial charge is 0.386 e. The number of hydrogen-bond donors (Lipinski definition) is 2. The van der Waals surface area contributed by atoms with E-state index in [2.05, 4.69) is 9.97 Å². The van der Waals surface area contributed by atoms with Crippen molar-refractivity contribution in [3.63, 3.8) is 0 Å². The van der Waals surface area contributed by atoms with E-state index in [4.69, 9.17) is 5.73 Å². The van der Waals surface area contributed by atoms with E-state index in [1.165, 1.54) is 19.2 Å². The van der Waals surface area contributed by atoms with E-state index >= 15 is 0 Å². The summed E-state index contributed by atoms with van der Waals surface area (Å²) in [6.07, 6.45) is 9.39. The van der Waals surface area contributed by atoms with E-state index in [-0.39, 0.29) is 5.41 Å². The first-order valence-electron chi connectivity index (χ1n) is 6.42. The van der Waals surface area contributed by atoms with E-state index in [0.717, 1.165) is 25.7 Å². The number of rotatable bonds is 3. The zero-order valence-electron chi connectivity index (χ0n) is 10.2. The van der Waals surface area contributed by atoms with Gasteiger partial charge in [-0.1, -0.05) is 25.7 Å². The van der Waals surface area contributed by atoms with Crippen LogP contribution < -0.4 is 5.73 Å². The van der Waals surface area contributed by atoms with Crippen LogP contribution in [0.4, 0.5) is 0 Å².